The fourth-order valence-corrected chi connectivity index (χ4v) is 3.46. The Hall–Kier alpha value is -2.59. The molecule has 4 nitrogen and oxygen atoms in total. The maximum absolute atomic E-state index is 12.2. The molecule has 5 heteroatoms. The molecule has 2 heterocycles. The van der Waals surface area contributed by atoms with Gasteiger partial charge in [-0.3, -0.25) is 4.79 Å². The second kappa shape index (κ2) is 5.21. The first-order valence-corrected chi connectivity index (χ1v) is 8.03. The van der Waals surface area contributed by atoms with Gasteiger partial charge in [0, 0.05) is 32.7 Å². The molecule has 2 aromatic carbocycles. The molecule has 0 fully saturated rings. The van der Waals surface area contributed by atoms with Gasteiger partial charge in [0.25, 0.3) is 0 Å². The topological polar surface area (TPSA) is 48.0 Å². The third-order valence-electron chi connectivity index (χ3n) is 4.41. The summed E-state index contributed by atoms with van der Waals surface area (Å²) < 4.78 is 7.45. The lowest BCUT2D eigenvalue weighted by atomic mass is 10.1. The van der Waals surface area contributed by atoms with Crippen molar-refractivity contribution in [2.75, 3.05) is 0 Å². The van der Waals surface area contributed by atoms with Crippen LogP contribution in [0.5, 0.6) is 0 Å². The number of hydrogen-bond acceptors (Lipinski definition) is 3. The predicted octanol–water partition coefficient (Wildman–Crippen LogP) is 5.24. The maximum Gasteiger partial charge on any atom is 0.167 e. The minimum atomic E-state index is 0.0285. The highest BCUT2D eigenvalue weighted by atomic mass is 35.5. The average Bonchev–Trinajstić information content (AvgIpc) is 3.03. The zero-order valence-corrected chi connectivity index (χ0v) is 14.3. The molecule has 4 rings (SSSR count). The van der Waals surface area contributed by atoms with Crippen molar-refractivity contribution in [3.05, 3.63) is 58.4 Å². The van der Waals surface area contributed by atoms with Gasteiger partial charge in [-0.2, -0.15) is 0 Å². The van der Waals surface area contributed by atoms with E-state index < -0.39 is 0 Å². The summed E-state index contributed by atoms with van der Waals surface area (Å²) in [5, 5.41) is 6.52. The van der Waals surface area contributed by atoms with Gasteiger partial charge in [-0.25, -0.2) is 0 Å². The van der Waals surface area contributed by atoms with Gasteiger partial charge in [-0.05, 0) is 57.2 Å². The fraction of sp³-hybridized carbons (Fsp3) is 0.158. The van der Waals surface area contributed by atoms with Gasteiger partial charge < -0.3 is 9.09 Å². The highest BCUT2D eigenvalue weighted by Crippen LogP contribution is 2.34. The lowest BCUT2D eigenvalue weighted by Crippen LogP contribution is -1.99. The molecule has 0 unspecified atom stereocenters. The van der Waals surface area contributed by atoms with Crippen LogP contribution in [0.3, 0.4) is 0 Å². The van der Waals surface area contributed by atoms with E-state index in [1.54, 1.807) is 6.92 Å². The molecular formula is C19H15ClN2O2. The molecule has 0 N–H and O–H groups in total. The molecule has 0 aliphatic carbocycles. The van der Waals surface area contributed by atoms with Crippen LogP contribution in [0.25, 0.3) is 27.6 Å². The zero-order chi connectivity index (χ0) is 17.0. The summed E-state index contributed by atoms with van der Waals surface area (Å²) in [5.41, 5.74) is 5.05. The van der Waals surface area contributed by atoms with Crippen LogP contribution < -0.4 is 0 Å². The Balaban J connectivity index is 2.16. The number of aromatic nitrogens is 2. The molecule has 0 saturated carbocycles. The SMILES string of the molecule is CC(=O)c1c(C)n(-c2ccc(Cl)cc2)c2cc3c(C)noc3cc12. The van der Waals surface area contributed by atoms with Gasteiger partial charge in [0.05, 0.1) is 11.2 Å². The third kappa shape index (κ3) is 2.07. The molecule has 0 amide bonds. The van der Waals surface area contributed by atoms with Crippen molar-refractivity contribution < 1.29 is 9.32 Å². The van der Waals surface area contributed by atoms with Crippen molar-refractivity contribution in [1.82, 2.24) is 9.72 Å². The highest BCUT2D eigenvalue weighted by molar-refractivity contribution is 6.30. The maximum atomic E-state index is 12.2. The number of aryl methyl sites for hydroxylation is 1. The predicted molar refractivity (Wildman–Crippen MR) is 95.3 cm³/mol. The van der Waals surface area contributed by atoms with E-state index in [-0.39, 0.29) is 5.78 Å². The molecule has 120 valence electrons. The van der Waals surface area contributed by atoms with Gasteiger partial charge in [0.2, 0.25) is 0 Å². The molecule has 0 aliphatic heterocycles. The quantitative estimate of drug-likeness (QED) is 0.469. The van der Waals surface area contributed by atoms with Crippen molar-refractivity contribution >= 4 is 39.3 Å². The molecular weight excluding hydrogens is 324 g/mol. The summed E-state index contributed by atoms with van der Waals surface area (Å²) in [6, 6.07) is 11.5. The van der Waals surface area contributed by atoms with E-state index in [1.165, 1.54) is 0 Å². The van der Waals surface area contributed by atoms with E-state index in [1.807, 2.05) is 50.2 Å². The van der Waals surface area contributed by atoms with Crippen LogP contribution in [-0.4, -0.2) is 15.5 Å². The number of carbonyl (C=O) groups is 1. The van der Waals surface area contributed by atoms with Crippen LogP contribution in [0.4, 0.5) is 0 Å². The van der Waals surface area contributed by atoms with Crippen molar-refractivity contribution in [1.29, 1.82) is 0 Å². The Labute approximate surface area is 143 Å². The number of hydrogen-bond donors (Lipinski definition) is 0. The van der Waals surface area contributed by atoms with Gasteiger partial charge in [-0.15, -0.1) is 0 Å². The van der Waals surface area contributed by atoms with E-state index >= 15 is 0 Å². The lowest BCUT2D eigenvalue weighted by molar-refractivity contribution is 0.101. The molecule has 0 saturated heterocycles. The summed E-state index contributed by atoms with van der Waals surface area (Å²) in [4.78, 5) is 12.2. The first-order valence-electron chi connectivity index (χ1n) is 7.65. The number of ketones is 1. The largest absolute Gasteiger partial charge is 0.356 e. The minimum Gasteiger partial charge on any atom is -0.356 e. The fourth-order valence-electron chi connectivity index (χ4n) is 3.33. The highest BCUT2D eigenvalue weighted by Gasteiger charge is 2.20. The van der Waals surface area contributed by atoms with Crippen LogP contribution in [0, 0.1) is 13.8 Å². The lowest BCUT2D eigenvalue weighted by Gasteiger charge is -2.09. The Morgan fingerprint density at radius 2 is 1.83 bits per heavy atom. The van der Waals surface area contributed by atoms with E-state index in [2.05, 4.69) is 9.72 Å². The summed E-state index contributed by atoms with van der Waals surface area (Å²) in [6.07, 6.45) is 0. The third-order valence-corrected chi connectivity index (χ3v) is 4.66. The van der Waals surface area contributed by atoms with Crippen molar-refractivity contribution in [3.8, 4) is 5.69 Å². The number of benzene rings is 2. The van der Waals surface area contributed by atoms with E-state index in [0.717, 1.165) is 33.4 Å². The molecule has 0 bridgehead atoms. The van der Waals surface area contributed by atoms with E-state index in [4.69, 9.17) is 16.1 Å². The van der Waals surface area contributed by atoms with E-state index in [0.29, 0.717) is 16.2 Å². The second-order valence-corrected chi connectivity index (χ2v) is 6.40. The molecule has 0 spiro atoms. The average molecular weight is 339 g/mol. The molecule has 24 heavy (non-hydrogen) atoms. The number of rotatable bonds is 2. The van der Waals surface area contributed by atoms with Crippen LogP contribution in [0.15, 0.2) is 40.9 Å². The van der Waals surface area contributed by atoms with Gasteiger partial charge >= 0.3 is 0 Å². The number of nitrogens with zero attached hydrogens (tertiary/aromatic N) is 2. The molecule has 4 aromatic rings. The molecule has 0 radical (unpaired) electrons. The van der Waals surface area contributed by atoms with Gasteiger partial charge in [-0.1, -0.05) is 16.8 Å². The Kier molecular flexibility index (Phi) is 3.25. The summed E-state index contributed by atoms with van der Waals surface area (Å²) in [7, 11) is 0. The standard InChI is InChI=1S/C19H15ClN2O2/c1-10-15-8-17-16(9-18(15)24-21-10)19(12(3)23)11(2)22(17)14-6-4-13(20)5-7-14/h4-9H,1-3H3. The van der Waals surface area contributed by atoms with Crippen LogP contribution in [0.2, 0.25) is 5.02 Å². The summed E-state index contributed by atoms with van der Waals surface area (Å²) >= 11 is 6.01. The van der Waals surface area contributed by atoms with Crippen LogP contribution >= 0.6 is 11.6 Å². The van der Waals surface area contributed by atoms with Crippen molar-refractivity contribution in [3.63, 3.8) is 0 Å². The molecule has 0 aliphatic rings. The normalized spacial score (nSPS) is 11.5. The van der Waals surface area contributed by atoms with Crippen LogP contribution in [0.1, 0.15) is 28.7 Å². The number of carbonyl (C=O) groups excluding carboxylic acids is 1. The van der Waals surface area contributed by atoms with Crippen LogP contribution in [-0.2, 0) is 0 Å². The number of halogens is 1. The zero-order valence-electron chi connectivity index (χ0n) is 13.6. The first kappa shape index (κ1) is 15.0. The Bertz CT molecular complexity index is 1100. The minimum absolute atomic E-state index is 0.0285. The summed E-state index contributed by atoms with van der Waals surface area (Å²) in [5.74, 6) is 0.0285. The van der Waals surface area contributed by atoms with Gasteiger partial charge in [0.1, 0.15) is 0 Å². The molecule has 0 atom stereocenters. The Morgan fingerprint density at radius 1 is 1.12 bits per heavy atom. The van der Waals surface area contributed by atoms with Crippen molar-refractivity contribution in [2.45, 2.75) is 20.8 Å². The van der Waals surface area contributed by atoms with Crippen molar-refractivity contribution in [2.24, 2.45) is 0 Å². The Morgan fingerprint density at radius 3 is 2.50 bits per heavy atom. The monoisotopic (exact) mass is 338 g/mol. The first-order chi connectivity index (χ1) is 11.5. The van der Waals surface area contributed by atoms with E-state index in [9.17, 15) is 4.79 Å². The number of Topliss-reactive ketones (excluding diaryl/α,β-unsaturated/α-hetero) is 1. The summed E-state index contributed by atoms with van der Waals surface area (Å²) in [6.45, 7) is 5.45. The second-order valence-electron chi connectivity index (χ2n) is 5.96. The smallest absolute Gasteiger partial charge is 0.167 e. The van der Waals surface area contributed by atoms with Gasteiger partial charge in [0.15, 0.2) is 11.4 Å². The molecule has 2 aromatic heterocycles. The number of fused-ring (bicyclic) bond motifs is 2.